The summed E-state index contributed by atoms with van der Waals surface area (Å²) in [7, 11) is 0. The smallest absolute Gasteiger partial charge is 0.326 e. The van der Waals surface area contributed by atoms with E-state index in [9.17, 15) is 29.1 Å². The molecule has 0 aliphatic heterocycles. The van der Waals surface area contributed by atoms with Gasteiger partial charge in [0.05, 0.1) is 6.04 Å². The van der Waals surface area contributed by atoms with Crippen LogP contribution in [0.15, 0.2) is 0 Å². The van der Waals surface area contributed by atoms with Crippen molar-refractivity contribution in [1.29, 1.82) is 0 Å². The number of nitrogens with one attached hydrogen (secondary N) is 3. The third-order valence-corrected chi connectivity index (χ3v) is 4.91. The molecule has 4 unspecified atom stereocenters. The van der Waals surface area contributed by atoms with Crippen molar-refractivity contribution in [3.8, 4) is 0 Å². The number of aliphatic carboxylic acids is 2. The SMILES string of the molecule is CC(C)CC(N)C(=O)NC(CCC(=O)O)C(=O)NC(C(=O)NC(CC(C)C)C(=O)O)C(C)C. The van der Waals surface area contributed by atoms with Crippen LogP contribution in [0.1, 0.15) is 67.2 Å². The van der Waals surface area contributed by atoms with Gasteiger partial charge in [-0.2, -0.15) is 0 Å². The van der Waals surface area contributed by atoms with E-state index in [-0.39, 0.29) is 31.1 Å². The Labute approximate surface area is 195 Å². The van der Waals surface area contributed by atoms with Crippen LogP contribution in [-0.2, 0) is 24.0 Å². The van der Waals surface area contributed by atoms with Crippen LogP contribution in [0.2, 0.25) is 0 Å². The highest BCUT2D eigenvalue weighted by atomic mass is 16.4. The van der Waals surface area contributed by atoms with Gasteiger partial charge >= 0.3 is 11.9 Å². The van der Waals surface area contributed by atoms with Crippen LogP contribution in [0.5, 0.6) is 0 Å². The van der Waals surface area contributed by atoms with E-state index in [1.165, 1.54) is 0 Å². The molecule has 11 nitrogen and oxygen atoms in total. The Morgan fingerprint density at radius 1 is 0.727 bits per heavy atom. The van der Waals surface area contributed by atoms with Crippen molar-refractivity contribution in [2.24, 2.45) is 23.5 Å². The zero-order chi connectivity index (χ0) is 25.9. The molecule has 7 N–H and O–H groups in total. The van der Waals surface area contributed by atoms with Gasteiger partial charge in [0.2, 0.25) is 17.7 Å². The summed E-state index contributed by atoms with van der Waals surface area (Å²) >= 11 is 0. The molecule has 0 aromatic heterocycles. The minimum Gasteiger partial charge on any atom is -0.481 e. The molecule has 0 aliphatic carbocycles. The van der Waals surface area contributed by atoms with Crippen molar-refractivity contribution < 1.29 is 34.2 Å². The average Bonchev–Trinajstić information content (AvgIpc) is 2.66. The fourth-order valence-corrected chi connectivity index (χ4v) is 3.17. The van der Waals surface area contributed by atoms with Gasteiger partial charge in [-0.05, 0) is 37.0 Å². The lowest BCUT2D eigenvalue weighted by Gasteiger charge is -2.27. The second-order valence-corrected chi connectivity index (χ2v) is 9.49. The molecule has 0 saturated heterocycles. The van der Waals surface area contributed by atoms with Crippen molar-refractivity contribution in [3.63, 3.8) is 0 Å². The Kier molecular flexibility index (Phi) is 13.3. The molecule has 0 radical (unpaired) electrons. The fraction of sp³-hybridized carbons (Fsp3) is 0.773. The zero-order valence-electron chi connectivity index (χ0n) is 20.4. The summed E-state index contributed by atoms with van der Waals surface area (Å²) in [6.07, 6.45) is 0.0120. The number of hydrogen-bond acceptors (Lipinski definition) is 6. The van der Waals surface area contributed by atoms with Crippen molar-refractivity contribution in [2.75, 3.05) is 0 Å². The lowest BCUT2D eigenvalue weighted by atomic mass is 9.99. The quantitative estimate of drug-likeness (QED) is 0.198. The minimum atomic E-state index is -1.22. The van der Waals surface area contributed by atoms with Crippen molar-refractivity contribution >= 4 is 29.7 Å². The van der Waals surface area contributed by atoms with E-state index >= 15 is 0 Å². The summed E-state index contributed by atoms with van der Waals surface area (Å²) in [5, 5.41) is 25.8. The maximum absolute atomic E-state index is 12.9. The molecule has 4 atom stereocenters. The molecule has 0 aliphatic rings. The van der Waals surface area contributed by atoms with E-state index in [2.05, 4.69) is 16.0 Å². The molecule has 0 spiro atoms. The van der Waals surface area contributed by atoms with E-state index in [4.69, 9.17) is 10.8 Å². The first-order valence-electron chi connectivity index (χ1n) is 11.3. The second-order valence-electron chi connectivity index (χ2n) is 9.49. The maximum atomic E-state index is 12.9. The van der Waals surface area contributed by atoms with Crippen molar-refractivity contribution in [2.45, 2.75) is 91.4 Å². The van der Waals surface area contributed by atoms with Crippen molar-refractivity contribution in [1.82, 2.24) is 16.0 Å². The number of carbonyl (C=O) groups excluding carboxylic acids is 3. The molecule has 0 aromatic carbocycles. The lowest BCUT2D eigenvalue weighted by molar-refractivity contribution is -0.143. The van der Waals surface area contributed by atoms with E-state index in [1.807, 2.05) is 27.7 Å². The predicted octanol–water partition coefficient (Wildman–Crippen LogP) is 0.466. The van der Waals surface area contributed by atoms with Crippen LogP contribution in [-0.4, -0.2) is 64.0 Å². The normalized spacial score (nSPS) is 15.0. The number of carboxylic acids is 2. The highest BCUT2D eigenvalue weighted by molar-refractivity contribution is 5.94. The Bertz CT molecular complexity index is 694. The fourth-order valence-electron chi connectivity index (χ4n) is 3.17. The third-order valence-electron chi connectivity index (χ3n) is 4.91. The van der Waals surface area contributed by atoms with Crippen molar-refractivity contribution in [3.05, 3.63) is 0 Å². The molecule has 0 heterocycles. The Morgan fingerprint density at radius 3 is 1.67 bits per heavy atom. The molecule has 33 heavy (non-hydrogen) atoms. The number of amides is 3. The van der Waals surface area contributed by atoms with E-state index in [0.29, 0.717) is 6.42 Å². The molecule has 3 amide bonds. The molecule has 0 saturated carbocycles. The van der Waals surface area contributed by atoms with E-state index < -0.39 is 59.7 Å². The van der Waals surface area contributed by atoms with Crippen LogP contribution >= 0.6 is 0 Å². The van der Waals surface area contributed by atoms with Gasteiger partial charge in [0.25, 0.3) is 0 Å². The van der Waals surface area contributed by atoms with Gasteiger partial charge in [-0.15, -0.1) is 0 Å². The highest BCUT2D eigenvalue weighted by Gasteiger charge is 2.32. The van der Waals surface area contributed by atoms with Crippen LogP contribution < -0.4 is 21.7 Å². The van der Waals surface area contributed by atoms with Gasteiger partial charge in [0.1, 0.15) is 18.1 Å². The van der Waals surface area contributed by atoms with Gasteiger partial charge in [-0.3, -0.25) is 19.2 Å². The molecule has 190 valence electrons. The summed E-state index contributed by atoms with van der Waals surface area (Å²) < 4.78 is 0. The van der Waals surface area contributed by atoms with E-state index in [1.54, 1.807) is 13.8 Å². The summed E-state index contributed by atoms with van der Waals surface area (Å²) in [6, 6.07) is -4.29. The molecule has 11 heteroatoms. The average molecular weight is 473 g/mol. The van der Waals surface area contributed by atoms with Crippen LogP contribution in [0.25, 0.3) is 0 Å². The highest BCUT2D eigenvalue weighted by Crippen LogP contribution is 2.10. The van der Waals surface area contributed by atoms with Crippen LogP contribution in [0.4, 0.5) is 0 Å². The second kappa shape index (κ2) is 14.5. The van der Waals surface area contributed by atoms with Gasteiger partial charge in [-0.25, -0.2) is 4.79 Å². The predicted molar refractivity (Wildman–Crippen MR) is 122 cm³/mol. The lowest BCUT2D eigenvalue weighted by Crippen LogP contribution is -2.58. The molecular weight excluding hydrogens is 432 g/mol. The first kappa shape index (κ1) is 30.3. The number of hydrogen-bond donors (Lipinski definition) is 6. The number of carbonyl (C=O) groups is 5. The van der Waals surface area contributed by atoms with Gasteiger partial charge in [0, 0.05) is 6.42 Å². The Hall–Kier alpha value is -2.69. The molecule has 0 fully saturated rings. The first-order chi connectivity index (χ1) is 15.1. The van der Waals surface area contributed by atoms with Gasteiger partial charge in [0.15, 0.2) is 0 Å². The summed E-state index contributed by atoms with van der Waals surface area (Å²) in [6.45, 7) is 10.8. The van der Waals surface area contributed by atoms with Crippen LogP contribution in [0.3, 0.4) is 0 Å². The topological polar surface area (TPSA) is 188 Å². The Balaban J connectivity index is 5.48. The van der Waals surface area contributed by atoms with Crippen LogP contribution in [0, 0.1) is 17.8 Å². The molecule has 0 bridgehead atoms. The van der Waals surface area contributed by atoms with E-state index in [0.717, 1.165) is 0 Å². The third kappa shape index (κ3) is 12.2. The summed E-state index contributed by atoms with van der Waals surface area (Å²) in [4.78, 5) is 60.6. The number of nitrogens with two attached hydrogens (primary N) is 1. The maximum Gasteiger partial charge on any atom is 0.326 e. The Morgan fingerprint density at radius 2 is 1.24 bits per heavy atom. The monoisotopic (exact) mass is 472 g/mol. The zero-order valence-corrected chi connectivity index (χ0v) is 20.4. The minimum absolute atomic E-state index is 0.0177. The largest absolute Gasteiger partial charge is 0.481 e. The molecular formula is C22H40N4O7. The first-order valence-corrected chi connectivity index (χ1v) is 11.3. The number of carboxylic acid groups (broad SMARTS) is 2. The molecule has 0 rings (SSSR count). The molecule has 0 aromatic rings. The summed E-state index contributed by atoms with van der Waals surface area (Å²) in [5.41, 5.74) is 5.86. The summed E-state index contributed by atoms with van der Waals surface area (Å²) in [5.74, 6) is -4.59. The van der Waals surface area contributed by atoms with Gasteiger partial charge in [-0.1, -0.05) is 41.5 Å². The number of rotatable bonds is 15. The van der Waals surface area contributed by atoms with Gasteiger partial charge < -0.3 is 31.9 Å². The standard InChI is InChI=1S/C22H40N4O7/c1-11(2)9-14(23)19(29)24-15(7-8-17(27)28)20(30)26-18(13(5)6)21(31)25-16(22(32)33)10-12(3)4/h11-16,18H,7-10,23H2,1-6H3,(H,24,29)(H,25,31)(H,26,30)(H,27,28)(H,32,33).